The zero-order chi connectivity index (χ0) is 16.6. The molecule has 0 aliphatic carbocycles. The number of hydrogen-bond donors (Lipinski definition) is 1. The van der Waals surface area contributed by atoms with E-state index in [0.717, 1.165) is 5.56 Å². The van der Waals surface area contributed by atoms with Crippen LogP contribution in [-0.4, -0.2) is 23.5 Å². The van der Waals surface area contributed by atoms with E-state index in [2.05, 4.69) is 10.5 Å². The monoisotopic (exact) mass is 333 g/mol. The molecule has 0 saturated carbocycles. The Morgan fingerprint density at radius 1 is 1.39 bits per heavy atom. The Labute approximate surface area is 138 Å². The molecule has 1 aliphatic rings. The minimum atomic E-state index is -0.431. The maximum absolute atomic E-state index is 12.4. The van der Waals surface area contributed by atoms with Gasteiger partial charge in [0.2, 0.25) is 11.8 Å². The van der Waals surface area contributed by atoms with E-state index in [1.165, 1.54) is 4.90 Å². The number of benzene rings is 1. The predicted molar refractivity (Wildman–Crippen MR) is 86.5 cm³/mol. The molecule has 1 atom stereocenters. The van der Waals surface area contributed by atoms with Crippen LogP contribution in [0.15, 0.2) is 28.8 Å². The van der Waals surface area contributed by atoms with Crippen LogP contribution in [0, 0.1) is 19.8 Å². The zero-order valence-electron chi connectivity index (χ0n) is 12.8. The van der Waals surface area contributed by atoms with E-state index >= 15 is 0 Å². The highest BCUT2D eigenvalue weighted by atomic mass is 35.5. The van der Waals surface area contributed by atoms with Crippen LogP contribution in [0.3, 0.4) is 0 Å². The van der Waals surface area contributed by atoms with Gasteiger partial charge in [-0.1, -0.05) is 22.8 Å². The molecule has 1 saturated heterocycles. The van der Waals surface area contributed by atoms with Gasteiger partial charge in [0.15, 0.2) is 5.82 Å². The van der Waals surface area contributed by atoms with Crippen molar-refractivity contribution in [2.24, 2.45) is 5.92 Å². The molecular weight excluding hydrogens is 318 g/mol. The third kappa shape index (κ3) is 3.22. The Balaban J connectivity index is 1.69. The van der Waals surface area contributed by atoms with E-state index in [4.69, 9.17) is 16.1 Å². The Kier molecular flexibility index (Phi) is 4.09. The van der Waals surface area contributed by atoms with E-state index in [-0.39, 0.29) is 24.8 Å². The molecule has 2 aromatic rings. The highest BCUT2D eigenvalue weighted by Crippen LogP contribution is 2.26. The Morgan fingerprint density at radius 2 is 2.17 bits per heavy atom. The molecule has 0 spiro atoms. The fourth-order valence-electron chi connectivity index (χ4n) is 2.50. The first-order valence-corrected chi connectivity index (χ1v) is 7.62. The number of amides is 2. The van der Waals surface area contributed by atoms with Crippen molar-refractivity contribution in [2.75, 3.05) is 16.8 Å². The van der Waals surface area contributed by atoms with E-state index in [9.17, 15) is 9.59 Å². The van der Waals surface area contributed by atoms with Crippen molar-refractivity contribution >= 4 is 34.9 Å². The summed E-state index contributed by atoms with van der Waals surface area (Å²) in [7, 11) is 0. The average Bonchev–Trinajstić information content (AvgIpc) is 3.09. The summed E-state index contributed by atoms with van der Waals surface area (Å²) in [6.45, 7) is 3.93. The van der Waals surface area contributed by atoms with Crippen LogP contribution in [0.4, 0.5) is 11.5 Å². The lowest BCUT2D eigenvalue weighted by molar-refractivity contribution is -0.122. The van der Waals surface area contributed by atoms with Gasteiger partial charge in [-0.15, -0.1) is 0 Å². The number of halogens is 1. The Bertz CT molecular complexity index is 772. The van der Waals surface area contributed by atoms with Crippen molar-refractivity contribution < 1.29 is 14.1 Å². The lowest BCUT2D eigenvalue weighted by Crippen LogP contribution is -2.28. The largest absolute Gasteiger partial charge is 0.360 e. The lowest BCUT2D eigenvalue weighted by atomic mass is 10.1. The van der Waals surface area contributed by atoms with Gasteiger partial charge in [0.05, 0.1) is 5.92 Å². The first kappa shape index (κ1) is 15.6. The molecule has 2 amide bonds. The summed E-state index contributed by atoms with van der Waals surface area (Å²) in [5.41, 5.74) is 1.56. The number of nitrogens with one attached hydrogen (secondary N) is 1. The van der Waals surface area contributed by atoms with Gasteiger partial charge in [-0.2, -0.15) is 0 Å². The van der Waals surface area contributed by atoms with Gasteiger partial charge in [0, 0.05) is 29.7 Å². The van der Waals surface area contributed by atoms with E-state index in [0.29, 0.717) is 22.3 Å². The van der Waals surface area contributed by atoms with Gasteiger partial charge in [0.25, 0.3) is 0 Å². The fourth-order valence-corrected chi connectivity index (χ4v) is 2.68. The standard InChI is InChI=1S/C16H16ClN3O3/c1-9-3-4-12(7-13(9)17)18-16(22)11-6-15(21)20(8-11)14-5-10(2)23-19-14/h3-5,7,11H,6,8H2,1-2H3,(H,18,22). The van der Waals surface area contributed by atoms with Crippen molar-refractivity contribution in [1.82, 2.24) is 5.16 Å². The normalized spacial score (nSPS) is 17.6. The van der Waals surface area contributed by atoms with Crippen LogP contribution in [0.1, 0.15) is 17.7 Å². The van der Waals surface area contributed by atoms with Crippen LogP contribution >= 0.6 is 11.6 Å². The van der Waals surface area contributed by atoms with Gasteiger partial charge in [-0.05, 0) is 31.5 Å². The van der Waals surface area contributed by atoms with E-state index < -0.39 is 5.92 Å². The van der Waals surface area contributed by atoms with Gasteiger partial charge in [0.1, 0.15) is 5.76 Å². The van der Waals surface area contributed by atoms with Gasteiger partial charge >= 0.3 is 0 Å². The Hall–Kier alpha value is -2.34. The first-order valence-electron chi connectivity index (χ1n) is 7.25. The second-order valence-electron chi connectivity index (χ2n) is 5.65. The molecule has 1 unspecified atom stereocenters. The highest BCUT2D eigenvalue weighted by molar-refractivity contribution is 6.31. The number of carbonyl (C=O) groups excluding carboxylic acids is 2. The minimum Gasteiger partial charge on any atom is -0.360 e. The molecule has 0 radical (unpaired) electrons. The second-order valence-corrected chi connectivity index (χ2v) is 6.06. The summed E-state index contributed by atoms with van der Waals surface area (Å²) in [5.74, 6) is 0.289. The molecular formula is C16H16ClN3O3. The smallest absolute Gasteiger partial charge is 0.229 e. The molecule has 6 nitrogen and oxygen atoms in total. The summed E-state index contributed by atoms with van der Waals surface area (Å²) < 4.78 is 4.98. The molecule has 1 aromatic heterocycles. The van der Waals surface area contributed by atoms with Crippen molar-refractivity contribution in [3.05, 3.63) is 40.6 Å². The fraction of sp³-hybridized carbons (Fsp3) is 0.312. The van der Waals surface area contributed by atoms with Gasteiger partial charge in [-0.3, -0.25) is 14.5 Å². The number of aryl methyl sites for hydroxylation is 2. The third-order valence-corrected chi connectivity index (χ3v) is 4.23. The lowest BCUT2D eigenvalue weighted by Gasteiger charge is -2.13. The zero-order valence-corrected chi connectivity index (χ0v) is 13.6. The molecule has 3 rings (SSSR count). The molecule has 2 heterocycles. The van der Waals surface area contributed by atoms with E-state index in [1.807, 2.05) is 13.0 Å². The number of aromatic nitrogens is 1. The number of hydrogen-bond acceptors (Lipinski definition) is 4. The van der Waals surface area contributed by atoms with Crippen LogP contribution < -0.4 is 10.2 Å². The first-order chi connectivity index (χ1) is 10.9. The topological polar surface area (TPSA) is 75.4 Å². The maximum atomic E-state index is 12.4. The van der Waals surface area contributed by atoms with Crippen LogP contribution in [0.2, 0.25) is 5.02 Å². The number of anilines is 2. The average molecular weight is 334 g/mol. The SMILES string of the molecule is Cc1cc(N2CC(C(=O)Nc3ccc(C)c(Cl)c3)CC2=O)no1. The second kappa shape index (κ2) is 6.04. The molecule has 120 valence electrons. The highest BCUT2D eigenvalue weighted by Gasteiger charge is 2.36. The molecule has 1 N–H and O–H groups in total. The Morgan fingerprint density at radius 3 is 2.83 bits per heavy atom. The number of nitrogens with zero attached hydrogens (tertiary/aromatic N) is 2. The van der Waals surface area contributed by atoms with Crippen molar-refractivity contribution in [3.8, 4) is 0 Å². The van der Waals surface area contributed by atoms with Crippen LogP contribution in [-0.2, 0) is 9.59 Å². The molecule has 0 bridgehead atoms. The van der Waals surface area contributed by atoms with Crippen LogP contribution in [0.25, 0.3) is 0 Å². The molecule has 7 heteroatoms. The predicted octanol–water partition coefficient (Wildman–Crippen LogP) is 2.94. The van der Waals surface area contributed by atoms with Gasteiger partial charge < -0.3 is 9.84 Å². The molecule has 1 fully saturated rings. The maximum Gasteiger partial charge on any atom is 0.229 e. The van der Waals surface area contributed by atoms with Crippen molar-refractivity contribution in [1.29, 1.82) is 0 Å². The van der Waals surface area contributed by atoms with Crippen molar-refractivity contribution in [3.63, 3.8) is 0 Å². The molecule has 1 aliphatic heterocycles. The summed E-state index contributed by atoms with van der Waals surface area (Å²) >= 11 is 6.05. The summed E-state index contributed by atoms with van der Waals surface area (Å²) in [4.78, 5) is 25.9. The molecule has 23 heavy (non-hydrogen) atoms. The number of carbonyl (C=O) groups is 2. The molecule has 1 aromatic carbocycles. The van der Waals surface area contributed by atoms with Crippen LogP contribution in [0.5, 0.6) is 0 Å². The quantitative estimate of drug-likeness (QED) is 0.937. The van der Waals surface area contributed by atoms with Gasteiger partial charge in [-0.25, -0.2) is 0 Å². The summed E-state index contributed by atoms with van der Waals surface area (Å²) in [5, 5.41) is 7.22. The number of rotatable bonds is 3. The summed E-state index contributed by atoms with van der Waals surface area (Å²) in [6, 6.07) is 7.00. The van der Waals surface area contributed by atoms with E-state index in [1.54, 1.807) is 25.1 Å². The van der Waals surface area contributed by atoms with Crippen molar-refractivity contribution in [2.45, 2.75) is 20.3 Å². The third-order valence-electron chi connectivity index (χ3n) is 3.83. The minimum absolute atomic E-state index is 0.139. The summed E-state index contributed by atoms with van der Waals surface area (Å²) in [6.07, 6.45) is 0.150.